The molecule has 0 bridgehead atoms. The monoisotopic (exact) mass is 455 g/mol. The minimum absolute atomic E-state index is 0.102. The molecule has 10 heteroatoms. The lowest BCUT2D eigenvalue weighted by molar-refractivity contribution is -0.384. The Bertz CT molecular complexity index is 963. The topological polar surface area (TPSA) is 156 Å². The molecule has 0 heterocycles. The lowest BCUT2D eigenvalue weighted by atomic mass is 10.0. The zero-order valence-corrected chi connectivity index (χ0v) is 18.6. The summed E-state index contributed by atoms with van der Waals surface area (Å²) in [6.45, 7) is 3.57. The second-order valence-corrected chi connectivity index (χ2v) is 8.00. The number of rotatable bonds is 11. The van der Waals surface area contributed by atoms with E-state index in [0.717, 1.165) is 5.56 Å². The van der Waals surface area contributed by atoms with Gasteiger partial charge in [-0.15, -0.1) is 0 Å². The molecule has 0 aliphatic carbocycles. The van der Waals surface area contributed by atoms with Crippen LogP contribution in [0, 0.1) is 16.0 Å². The van der Waals surface area contributed by atoms with Gasteiger partial charge in [0, 0.05) is 24.2 Å². The molecule has 33 heavy (non-hydrogen) atoms. The highest BCUT2D eigenvalue weighted by Gasteiger charge is 2.27. The van der Waals surface area contributed by atoms with E-state index >= 15 is 0 Å². The molecule has 0 unspecified atom stereocenters. The van der Waals surface area contributed by atoms with Gasteiger partial charge in [-0.1, -0.05) is 44.2 Å². The molecule has 2 aromatic rings. The second kappa shape index (κ2) is 12.3. The van der Waals surface area contributed by atoms with Crippen molar-refractivity contribution in [3.8, 4) is 0 Å². The van der Waals surface area contributed by atoms with Crippen molar-refractivity contribution in [2.75, 3.05) is 11.9 Å². The number of amides is 3. The number of nitrogens with zero attached hydrogens (tertiary/aromatic N) is 1. The fourth-order valence-corrected chi connectivity index (χ4v) is 3.18. The van der Waals surface area contributed by atoms with Crippen LogP contribution in [0.15, 0.2) is 54.6 Å². The van der Waals surface area contributed by atoms with E-state index in [1.165, 1.54) is 24.3 Å². The maximum absolute atomic E-state index is 13.0. The molecule has 0 aromatic heterocycles. The van der Waals surface area contributed by atoms with Crippen molar-refractivity contribution in [3.63, 3.8) is 0 Å². The van der Waals surface area contributed by atoms with Crippen LogP contribution in [0.1, 0.15) is 25.8 Å². The molecule has 0 saturated heterocycles. The Labute approximate surface area is 192 Å². The quantitative estimate of drug-likeness (QED) is 0.299. The molecule has 2 rings (SSSR count). The first-order valence-electron chi connectivity index (χ1n) is 10.6. The highest BCUT2D eigenvalue weighted by atomic mass is 16.6. The van der Waals surface area contributed by atoms with Crippen molar-refractivity contribution < 1.29 is 19.3 Å². The van der Waals surface area contributed by atoms with Gasteiger partial charge in [0.05, 0.1) is 11.5 Å². The van der Waals surface area contributed by atoms with Crippen LogP contribution in [0.4, 0.5) is 11.4 Å². The van der Waals surface area contributed by atoms with E-state index in [1.807, 2.05) is 44.2 Å². The van der Waals surface area contributed by atoms with Crippen LogP contribution in [-0.2, 0) is 20.8 Å². The number of benzene rings is 2. The Hall–Kier alpha value is -3.79. The SMILES string of the molecule is CC(C)C[C@H](NC(=O)CN)C(=O)N[C@@H](Cc1ccccc1)C(=O)Nc1ccc([N+](=O)[O-])cc1. The molecular formula is C23H29N5O5. The summed E-state index contributed by atoms with van der Waals surface area (Å²) in [6.07, 6.45) is 0.588. The zero-order valence-electron chi connectivity index (χ0n) is 18.6. The molecule has 0 saturated carbocycles. The summed E-state index contributed by atoms with van der Waals surface area (Å²) in [5.41, 5.74) is 6.45. The number of non-ortho nitro benzene ring substituents is 1. The maximum atomic E-state index is 13.0. The summed E-state index contributed by atoms with van der Waals surface area (Å²) >= 11 is 0. The number of anilines is 1. The predicted octanol–water partition coefficient (Wildman–Crippen LogP) is 1.75. The predicted molar refractivity (Wildman–Crippen MR) is 124 cm³/mol. The Morgan fingerprint density at radius 1 is 0.939 bits per heavy atom. The maximum Gasteiger partial charge on any atom is 0.269 e. The smallest absolute Gasteiger partial charge is 0.269 e. The van der Waals surface area contributed by atoms with E-state index in [-0.39, 0.29) is 24.6 Å². The molecule has 10 nitrogen and oxygen atoms in total. The Balaban J connectivity index is 2.20. The average molecular weight is 456 g/mol. The Morgan fingerprint density at radius 3 is 2.12 bits per heavy atom. The molecule has 176 valence electrons. The summed E-state index contributed by atoms with van der Waals surface area (Å²) in [5.74, 6) is -1.34. The molecule has 5 N–H and O–H groups in total. The van der Waals surface area contributed by atoms with Gasteiger partial charge in [-0.3, -0.25) is 24.5 Å². The van der Waals surface area contributed by atoms with Crippen LogP contribution >= 0.6 is 0 Å². The number of carbonyl (C=O) groups is 3. The van der Waals surface area contributed by atoms with E-state index in [0.29, 0.717) is 12.1 Å². The number of nitrogens with two attached hydrogens (primary N) is 1. The van der Waals surface area contributed by atoms with Crippen LogP contribution in [-0.4, -0.2) is 41.3 Å². The largest absolute Gasteiger partial charge is 0.343 e. The number of carbonyl (C=O) groups excluding carboxylic acids is 3. The van der Waals surface area contributed by atoms with Gasteiger partial charge in [0.1, 0.15) is 12.1 Å². The molecule has 0 fully saturated rings. The fourth-order valence-electron chi connectivity index (χ4n) is 3.18. The normalized spacial score (nSPS) is 12.5. The van der Waals surface area contributed by atoms with Crippen LogP contribution in [0.25, 0.3) is 0 Å². The summed E-state index contributed by atoms with van der Waals surface area (Å²) < 4.78 is 0. The molecule has 0 aliphatic rings. The van der Waals surface area contributed by atoms with Gasteiger partial charge in [0.15, 0.2) is 0 Å². The van der Waals surface area contributed by atoms with Gasteiger partial charge < -0.3 is 21.7 Å². The van der Waals surface area contributed by atoms with Crippen molar-refractivity contribution >= 4 is 29.1 Å². The van der Waals surface area contributed by atoms with Crippen molar-refractivity contribution in [1.82, 2.24) is 10.6 Å². The first-order valence-corrected chi connectivity index (χ1v) is 10.6. The molecule has 0 spiro atoms. The number of nitro groups is 1. The second-order valence-electron chi connectivity index (χ2n) is 8.00. The number of hydrogen-bond acceptors (Lipinski definition) is 6. The van der Waals surface area contributed by atoms with Crippen molar-refractivity contribution in [3.05, 3.63) is 70.3 Å². The van der Waals surface area contributed by atoms with Gasteiger partial charge in [-0.2, -0.15) is 0 Å². The average Bonchev–Trinajstić information content (AvgIpc) is 2.78. The molecule has 3 amide bonds. The number of nitro benzene ring substituents is 1. The van der Waals surface area contributed by atoms with Crippen LogP contribution in [0.2, 0.25) is 0 Å². The van der Waals surface area contributed by atoms with Crippen LogP contribution in [0.3, 0.4) is 0 Å². The highest BCUT2D eigenvalue weighted by Crippen LogP contribution is 2.16. The summed E-state index contributed by atoms with van der Waals surface area (Å²) in [6, 6.07) is 12.8. The van der Waals surface area contributed by atoms with E-state index in [4.69, 9.17) is 5.73 Å². The lowest BCUT2D eigenvalue weighted by Gasteiger charge is -2.24. The molecule has 2 atom stereocenters. The number of hydrogen-bond donors (Lipinski definition) is 4. The standard InChI is InChI=1S/C23H29N5O5/c1-15(2)12-19(26-21(29)14-24)23(31)27-20(13-16-6-4-3-5-7-16)22(30)25-17-8-10-18(11-9-17)28(32)33/h3-11,15,19-20H,12-14,24H2,1-2H3,(H,25,30)(H,26,29)(H,27,31)/t19-,20-/m0/s1. The summed E-state index contributed by atoms with van der Waals surface area (Å²) in [4.78, 5) is 48.1. The van der Waals surface area contributed by atoms with E-state index in [2.05, 4.69) is 16.0 Å². The highest BCUT2D eigenvalue weighted by molar-refractivity contribution is 5.98. The third kappa shape index (κ3) is 8.34. The van der Waals surface area contributed by atoms with Crippen molar-refractivity contribution in [1.29, 1.82) is 0 Å². The summed E-state index contributed by atoms with van der Waals surface area (Å²) in [5, 5.41) is 18.9. The van der Waals surface area contributed by atoms with Gasteiger partial charge in [0.2, 0.25) is 17.7 Å². The van der Waals surface area contributed by atoms with Crippen molar-refractivity contribution in [2.45, 2.75) is 38.8 Å². The molecule has 0 radical (unpaired) electrons. The Kier molecular flexibility index (Phi) is 9.49. The van der Waals surface area contributed by atoms with Gasteiger partial charge >= 0.3 is 0 Å². The minimum atomic E-state index is -0.945. The first-order chi connectivity index (χ1) is 15.7. The summed E-state index contributed by atoms with van der Waals surface area (Å²) in [7, 11) is 0. The van der Waals surface area contributed by atoms with E-state index in [9.17, 15) is 24.5 Å². The fraction of sp³-hybridized carbons (Fsp3) is 0.348. The zero-order chi connectivity index (χ0) is 24.4. The molecule has 2 aromatic carbocycles. The van der Waals surface area contributed by atoms with Crippen molar-refractivity contribution in [2.24, 2.45) is 11.7 Å². The lowest BCUT2D eigenvalue weighted by Crippen LogP contribution is -2.54. The van der Waals surface area contributed by atoms with E-state index < -0.39 is 34.7 Å². The molecular weight excluding hydrogens is 426 g/mol. The van der Waals surface area contributed by atoms with E-state index in [1.54, 1.807) is 0 Å². The first kappa shape index (κ1) is 25.5. The van der Waals surface area contributed by atoms with Gasteiger partial charge in [-0.05, 0) is 30.0 Å². The number of nitrogens with one attached hydrogen (secondary N) is 3. The van der Waals surface area contributed by atoms with Gasteiger partial charge in [-0.25, -0.2) is 0 Å². The van der Waals surface area contributed by atoms with Crippen LogP contribution < -0.4 is 21.7 Å². The third-order valence-corrected chi connectivity index (χ3v) is 4.81. The van der Waals surface area contributed by atoms with Gasteiger partial charge in [0.25, 0.3) is 5.69 Å². The molecule has 0 aliphatic heterocycles. The minimum Gasteiger partial charge on any atom is -0.343 e. The Morgan fingerprint density at radius 2 is 1.58 bits per heavy atom. The van der Waals surface area contributed by atoms with Crippen LogP contribution in [0.5, 0.6) is 0 Å². The third-order valence-electron chi connectivity index (χ3n) is 4.81.